The number of H-pyrrole nitrogens is 1. The number of nitrogens with one attached hydrogen (secondary N) is 2. The van der Waals surface area contributed by atoms with Crippen LogP contribution in [0.3, 0.4) is 0 Å². The van der Waals surface area contributed by atoms with Gasteiger partial charge < -0.3 is 10.2 Å². The quantitative estimate of drug-likeness (QED) is 0.705. The van der Waals surface area contributed by atoms with E-state index in [1.54, 1.807) is 0 Å². The van der Waals surface area contributed by atoms with Crippen LogP contribution in [-0.2, 0) is 0 Å². The zero-order valence-corrected chi connectivity index (χ0v) is 8.36. The SMILES string of the molecule is Cc1[nH]nc(N2CCNCC2)c1Cl. The van der Waals surface area contributed by atoms with E-state index in [4.69, 9.17) is 11.6 Å². The van der Waals surface area contributed by atoms with E-state index in [-0.39, 0.29) is 0 Å². The molecule has 1 aromatic heterocycles. The second-order valence-electron chi connectivity index (χ2n) is 3.22. The Hall–Kier alpha value is -0.740. The molecule has 0 radical (unpaired) electrons. The van der Waals surface area contributed by atoms with Crippen LogP contribution in [0.1, 0.15) is 5.69 Å². The smallest absolute Gasteiger partial charge is 0.169 e. The lowest BCUT2D eigenvalue weighted by Crippen LogP contribution is -2.43. The summed E-state index contributed by atoms with van der Waals surface area (Å²) in [7, 11) is 0. The monoisotopic (exact) mass is 200 g/mol. The predicted octanol–water partition coefficient (Wildman–Crippen LogP) is 0.781. The molecule has 0 amide bonds. The number of aromatic amines is 1. The lowest BCUT2D eigenvalue weighted by molar-refractivity contribution is 0.584. The molecule has 0 spiro atoms. The number of piperazine rings is 1. The van der Waals surface area contributed by atoms with Crippen molar-refractivity contribution in [3.63, 3.8) is 0 Å². The summed E-state index contributed by atoms with van der Waals surface area (Å²) >= 11 is 6.09. The first kappa shape index (κ1) is 8.84. The number of hydrogen-bond acceptors (Lipinski definition) is 3. The number of hydrogen-bond donors (Lipinski definition) is 2. The van der Waals surface area contributed by atoms with Crippen LogP contribution in [0, 0.1) is 6.92 Å². The van der Waals surface area contributed by atoms with Crippen molar-refractivity contribution < 1.29 is 0 Å². The number of aryl methyl sites for hydroxylation is 1. The summed E-state index contributed by atoms with van der Waals surface area (Å²) in [5.41, 5.74) is 0.940. The van der Waals surface area contributed by atoms with E-state index in [1.165, 1.54) is 0 Å². The van der Waals surface area contributed by atoms with E-state index >= 15 is 0 Å². The zero-order valence-electron chi connectivity index (χ0n) is 7.60. The fraction of sp³-hybridized carbons (Fsp3) is 0.625. The molecule has 1 fully saturated rings. The maximum atomic E-state index is 6.09. The van der Waals surface area contributed by atoms with Crippen molar-refractivity contribution in [1.29, 1.82) is 0 Å². The first-order valence-electron chi connectivity index (χ1n) is 4.45. The molecule has 2 heterocycles. The molecule has 72 valence electrons. The molecule has 0 saturated carbocycles. The second kappa shape index (κ2) is 3.55. The van der Waals surface area contributed by atoms with Gasteiger partial charge >= 0.3 is 0 Å². The molecule has 0 aliphatic carbocycles. The maximum Gasteiger partial charge on any atom is 0.169 e. The van der Waals surface area contributed by atoms with Crippen molar-refractivity contribution in [2.45, 2.75) is 6.92 Å². The van der Waals surface area contributed by atoms with Gasteiger partial charge in [-0.3, -0.25) is 5.10 Å². The van der Waals surface area contributed by atoms with Crippen molar-refractivity contribution >= 4 is 17.4 Å². The van der Waals surface area contributed by atoms with Crippen LogP contribution >= 0.6 is 11.6 Å². The van der Waals surface area contributed by atoms with Gasteiger partial charge in [0.1, 0.15) is 5.02 Å². The molecule has 4 nitrogen and oxygen atoms in total. The lowest BCUT2D eigenvalue weighted by atomic mass is 10.3. The third kappa shape index (κ3) is 1.64. The average molecular weight is 201 g/mol. The van der Waals surface area contributed by atoms with E-state index < -0.39 is 0 Å². The van der Waals surface area contributed by atoms with E-state index in [1.807, 2.05) is 6.92 Å². The first-order valence-corrected chi connectivity index (χ1v) is 4.83. The topological polar surface area (TPSA) is 44.0 Å². The minimum absolute atomic E-state index is 0.752. The Bertz CT molecular complexity index is 290. The van der Waals surface area contributed by atoms with Gasteiger partial charge in [-0.05, 0) is 6.92 Å². The van der Waals surface area contributed by atoms with E-state index in [0.29, 0.717) is 0 Å². The molecule has 0 bridgehead atoms. The fourth-order valence-corrected chi connectivity index (χ4v) is 1.69. The van der Waals surface area contributed by atoms with Gasteiger partial charge in [0.2, 0.25) is 0 Å². The molecule has 13 heavy (non-hydrogen) atoms. The van der Waals surface area contributed by atoms with Crippen molar-refractivity contribution in [3.8, 4) is 0 Å². The fourth-order valence-electron chi connectivity index (χ4n) is 1.49. The van der Waals surface area contributed by atoms with Gasteiger partial charge in [-0.15, -0.1) is 0 Å². The Labute approximate surface area is 82.3 Å². The Morgan fingerprint density at radius 3 is 2.62 bits per heavy atom. The van der Waals surface area contributed by atoms with E-state index in [0.717, 1.165) is 42.7 Å². The van der Waals surface area contributed by atoms with Gasteiger partial charge in [0, 0.05) is 26.2 Å². The summed E-state index contributed by atoms with van der Waals surface area (Å²) in [6, 6.07) is 0. The highest BCUT2D eigenvalue weighted by molar-refractivity contribution is 6.33. The normalized spacial score (nSPS) is 17.8. The van der Waals surface area contributed by atoms with Crippen LogP contribution in [0.15, 0.2) is 0 Å². The standard InChI is InChI=1S/C8H13ClN4/c1-6-7(9)8(12-11-6)13-4-2-10-3-5-13/h10H,2-5H2,1H3,(H,11,12). The molecule has 0 atom stereocenters. The molecule has 2 N–H and O–H groups in total. The molecular weight excluding hydrogens is 188 g/mol. The minimum Gasteiger partial charge on any atom is -0.351 e. The Balaban J connectivity index is 2.18. The Morgan fingerprint density at radius 2 is 2.08 bits per heavy atom. The van der Waals surface area contributed by atoms with Crippen LogP contribution in [0.5, 0.6) is 0 Å². The minimum atomic E-state index is 0.752. The van der Waals surface area contributed by atoms with Gasteiger partial charge in [-0.2, -0.15) is 5.10 Å². The Morgan fingerprint density at radius 1 is 1.38 bits per heavy atom. The molecule has 5 heteroatoms. The van der Waals surface area contributed by atoms with Crippen LogP contribution in [-0.4, -0.2) is 36.4 Å². The highest BCUT2D eigenvalue weighted by atomic mass is 35.5. The summed E-state index contributed by atoms with van der Waals surface area (Å²) in [4.78, 5) is 2.20. The van der Waals surface area contributed by atoms with Crippen molar-refractivity contribution in [1.82, 2.24) is 15.5 Å². The van der Waals surface area contributed by atoms with Crippen molar-refractivity contribution in [2.75, 3.05) is 31.1 Å². The second-order valence-corrected chi connectivity index (χ2v) is 3.60. The number of aromatic nitrogens is 2. The van der Waals surface area contributed by atoms with Gasteiger partial charge in [-0.25, -0.2) is 0 Å². The summed E-state index contributed by atoms with van der Waals surface area (Å²) in [5, 5.41) is 11.1. The van der Waals surface area contributed by atoms with Crippen molar-refractivity contribution in [2.24, 2.45) is 0 Å². The number of anilines is 1. The molecular formula is C8H13ClN4. The lowest BCUT2D eigenvalue weighted by Gasteiger charge is -2.27. The zero-order chi connectivity index (χ0) is 9.26. The molecule has 0 aromatic carbocycles. The number of nitrogens with zero attached hydrogens (tertiary/aromatic N) is 2. The van der Waals surface area contributed by atoms with Crippen LogP contribution in [0.4, 0.5) is 5.82 Å². The highest BCUT2D eigenvalue weighted by Gasteiger charge is 2.17. The first-order chi connectivity index (χ1) is 6.29. The van der Waals surface area contributed by atoms with Crippen molar-refractivity contribution in [3.05, 3.63) is 10.7 Å². The third-order valence-electron chi connectivity index (χ3n) is 2.27. The third-order valence-corrected chi connectivity index (χ3v) is 2.72. The molecule has 2 rings (SSSR count). The maximum absolute atomic E-state index is 6.09. The molecule has 1 aromatic rings. The Kier molecular flexibility index (Phi) is 2.42. The van der Waals surface area contributed by atoms with E-state index in [9.17, 15) is 0 Å². The van der Waals surface area contributed by atoms with E-state index in [2.05, 4.69) is 20.4 Å². The number of halogens is 1. The predicted molar refractivity (Wildman–Crippen MR) is 53.4 cm³/mol. The summed E-state index contributed by atoms with van der Waals surface area (Å²) in [6.07, 6.45) is 0. The van der Waals surface area contributed by atoms with Gasteiger partial charge in [0.25, 0.3) is 0 Å². The van der Waals surface area contributed by atoms with Gasteiger partial charge in [-0.1, -0.05) is 11.6 Å². The number of rotatable bonds is 1. The summed E-state index contributed by atoms with van der Waals surface area (Å²) < 4.78 is 0. The summed E-state index contributed by atoms with van der Waals surface area (Å²) in [6.45, 7) is 5.89. The van der Waals surface area contributed by atoms with Crippen LogP contribution in [0.2, 0.25) is 5.02 Å². The molecule has 1 aliphatic rings. The van der Waals surface area contributed by atoms with Crippen LogP contribution < -0.4 is 10.2 Å². The molecule has 1 aliphatic heterocycles. The highest BCUT2D eigenvalue weighted by Crippen LogP contribution is 2.25. The summed E-state index contributed by atoms with van der Waals surface area (Å²) in [5.74, 6) is 0.890. The van der Waals surface area contributed by atoms with Gasteiger partial charge in [0.15, 0.2) is 5.82 Å². The largest absolute Gasteiger partial charge is 0.351 e. The molecule has 1 saturated heterocycles. The average Bonchev–Trinajstić information content (AvgIpc) is 2.49. The molecule has 0 unspecified atom stereocenters. The van der Waals surface area contributed by atoms with Gasteiger partial charge in [0.05, 0.1) is 5.69 Å². The van der Waals surface area contributed by atoms with Crippen LogP contribution in [0.25, 0.3) is 0 Å².